The van der Waals surface area contributed by atoms with Crippen molar-refractivity contribution >= 4 is 108 Å². The van der Waals surface area contributed by atoms with Crippen molar-refractivity contribution in [2.45, 2.75) is 0 Å². The van der Waals surface area contributed by atoms with Crippen LogP contribution < -0.4 is 0 Å². The van der Waals surface area contributed by atoms with Crippen LogP contribution in [0.25, 0.3) is 92.7 Å². The Labute approximate surface area is 360 Å². The number of hydrogen-bond donors (Lipinski definition) is 4. The first kappa shape index (κ1) is 46.4. The predicted molar refractivity (Wildman–Crippen MR) is 225 cm³/mol. The van der Waals surface area contributed by atoms with Gasteiger partial charge in [0.1, 0.15) is 0 Å². The standard InChI is InChI=1S/2C20H14N4.2F6P.Pd/c2*1-2-14-10-16-5-6-18(23-16)12-20-8-7-19(24-20)11-17-4-3-15(22-17)9-13(1)21-14;2*1-7(2,3,4,5)6;/h2*1-12,21-22H;;;/q;;2*-1;+2. The van der Waals surface area contributed by atoms with Crippen molar-refractivity contribution in [1.29, 1.82) is 0 Å². The summed E-state index contributed by atoms with van der Waals surface area (Å²) in [5.74, 6) is 0. The van der Waals surface area contributed by atoms with Gasteiger partial charge >= 0.3 is 86.4 Å². The topological polar surface area (TPSA) is 115 Å². The summed E-state index contributed by atoms with van der Waals surface area (Å²) in [6.45, 7) is 0. The second-order valence-corrected chi connectivity index (χ2v) is 17.6. The Morgan fingerprint density at radius 1 is 0.254 bits per heavy atom. The van der Waals surface area contributed by atoms with Crippen LogP contribution in [0, 0.1) is 0 Å². The van der Waals surface area contributed by atoms with Crippen molar-refractivity contribution < 1.29 is 70.8 Å². The van der Waals surface area contributed by atoms with Crippen molar-refractivity contribution in [3.05, 3.63) is 143 Å². The van der Waals surface area contributed by atoms with E-state index in [1.165, 1.54) is 0 Å². The average molecular weight is 1020 g/mol. The monoisotopic (exact) mass is 1020 g/mol. The molecule has 0 saturated heterocycles. The number of nitrogens with zero attached hydrogens (tertiary/aromatic N) is 4. The van der Waals surface area contributed by atoms with E-state index in [2.05, 4.69) is 101 Å². The molecular weight excluding hydrogens is 989 g/mol. The molecule has 0 aliphatic carbocycles. The van der Waals surface area contributed by atoms with Gasteiger partial charge in [0.05, 0.1) is 45.6 Å². The van der Waals surface area contributed by atoms with E-state index in [9.17, 15) is 50.4 Å². The molecule has 0 saturated carbocycles. The molecule has 6 aromatic heterocycles. The minimum absolute atomic E-state index is 0. The molecule has 0 amide bonds. The van der Waals surface area contributed by atoms with Gasteiger partial charge in [0.25, 0.3) is 0 Å². The molecule has 4 N–H and O–H groups in total. The van der Waals surface area contributed by atoms with E-state index in [0.29, 0.717) is 0 Å². The van der Waals surface area contributed by atoms with Crippen molar-refractivity contribution in [3.8, 4) is 0 Å². The van der Waals surface area contributed by atoms with Crippen LogP contribution in [0.1, 0.15) is 45.6 Å². The fourth-order valence-electron chi connectivity index (χ4n) is 5.89. The van der Waals surface area contributed by atoms with Gasteiger partial charge in [0.2, 0.25) is 0 Å². The SMILES string of the molecule is C1=Cc2cc3ccc(cc4ccc(cc5nc(cc1n2)C=C5)[nH]4)[nH]3.C1=Cc2cc3ccc(cc4ccc(cc5nc(cc1n2)C=C5)[nH]4)[nH]3.F[P-](F)(F)(F)(F)F.F[P-](F)(F)(F)(F)F.[Pd+2]. The molecule has 8 nitrogen and oxygen atoms in total. The Bertz CT molecular complexity index is 2790. The molecule has 6 aromatic rings. The van der Waals surface area contributed by atoms with E-state index in [1.807, 2.05) is 85.0 Å². The van der Waals surface area contributed by atoms with Crippen LogP contribution >= 0.6 is 15.6 Å². The van der Waals surface area contributed by atoms with Crippen molar-refractivity contribution in [2.24, 2.45) is 0 Å². The van der Waals surface area contributed by atoms with Gasteiger partial charge in [-0.25, -0.2) is 19.9 Å². The van der Waals surface area contributed by atoms with Gasteiger partial charge in [0.15, 0.2) is 0 Å². The molecule has 0 fully saturated rings. The molecule has 0 aromatic carbocycles. The zero-order valence-corrected chi connectivity index (χ0v) is 34.7. The minimum atomic E-state index is -10.7. The first-order valence-electron chi connectivity index (χ1n) is 17.7. The maximum atomic E-state index is 9.87. The van der Waals surface area contributed by atoms with Gasteiger partial charge in [-0.1, -0.05) is 0 Å². The average Bonchev–Trinajstić information content (AvgIpc) is 3.95. The zero-order chi connectivity index (χ0) is 44.7. The number of nitrogens with one attached hydrogen (secondary N) is 4. The third-order valence-electron chi connectivity index (χ3n) is 8.08. The van der Waals surface area contributed by atoms with E-state index in [1.54, 1.807) is 0 Å². The van der Waals surface area contributed by atoms with Crippen LogP contribution in [-0.2, 0) is 20.4 Å². The van der Waals surface area contributed by atoms with Crippen LogP contribution in [0.5, 0.6) is 0 Å². The summed E-state index contributed by atoms with van der Waals surface area (Å²) in [5, 5.41) is 0. The molecule has 0 spiro atoms. The molecule has 0 unspecified atom stereocenters. The molecule has 4 aliphatic rings. The third-order valence-corrected chi connectivity index (χ3v) is 8.08. The Hall–Kier alpha value is -6.12. The van der Waals surface area contributed by atoms with Crippen molar-refractivity contribution in [3.63, 3.8) is 0 Å². The predicted octanol–water partition coefficient (Wildman–Crippen LogP) is 16.1. The van der Waals surface area contributed by atoms with Gasteiger partial charge in [-0.3, -0.25) is 0 Å². The summed E-state index contributed by atoms with van der Waals surface area (Å²) < 4.78 is 118. The van der Waals surface area contributed by atoms with Crippen LogP contribution in [-0.4, -0.2) is 39.9 Å². The number of halogens is 12. The normalized spacial score (nSPS) is 14.8. The van der Waals surface area contributed by atoms with Gasteiger partial charge in [-0.05, 0) is 146 Å². The quantitative estimate of drug-likeness (QED) is 0.0688. The van der Waals surface area contributed by atoms with E-state index in [0.717, 1.165) is 89.7 Å². The Morgan fingerprint density at radius 2 is 0.397 bits per heavy atom. The number of aromatic amines is 4. The molecule has 10 heterocycles. The number of aromatic nitrogens is 8. The van der Waals surface area contributed by atoms with Crippen LogP contribution in [0.3, 0.4) is 0 Å². The van der Waals surface area contributed by atoms with E-state index in [4.69, 9.17) is 0 Å². The number of fused-ring (bicyclic) bond motifs is 16. The van der Waals surface area contributed by atoms with Gasteiger partial charge in [-0.2, -0.15) is 0 Å². The summed E-state index contributed by atoms with van der Waals surface area (Å²) in [5.41, 5.74) is 15.7. The first-order valence-corrected chi connectivity index (χ1v) is 21.8. The molecule has 4 aliphatic heterocycles. The fraction of sp³-hybridized carbons (Fsp3) is 0. The Balaban J connectivity index is 0.000000160. The second-order valence-electron chi connectivity index (χ2n) is 13.7. The summed E-state index contributed by atoms with van der Waals surface area (Å²) >= 11 is 0. The second kappa shape index (κ2) is 15.6. The van der Waals surface area contributed by atoms with Crippen molar-refractivity contribution in [2.75, 3.05) is 0 Å². The molecule has 63 heavy (non-hydrogen) atoms. The molecule has 23 heteroatoms. The summed E-state index contributed by atoms with van der Waals surface area (Å²) in [4.78, 5) is 32.0. The summed E-state index contributed by atoms with van der Waals surface area (Å²) in [7, 11) is -21.3. The van der Waals surface area contributed by atoms with Gasteiger partial charge < -0.3 is 19.9 Å². The zero-order valence-electron chi connectivity index (χ0n) is 31.4. The molecule has 10 rings (SSSR count). The Kier molecular flexibility index (Phi) is 11.5. The summed E-state index contributed by atoms with van der Waals surface area (Å²) in [6, 6.07) is 32.8. The minimum Gasteiger partial charge on any atom is 2.00 e. The smallest absolute Gasteiger partial charge is 2.00 e. The summed E-state index contributed by atoms with van der Waals surface area (Å²) in [6.07, 6.45) is 16.1. The molecule has 0 radical (unpaired) electrons. The van der Waals surface area contributed by atoms with Crippen LogP contribution in [0.2, 0.25) is 0 Å². The number of H-pyrrole nitrogens is 4. The molecule has 0 atom stereocenters. The maximum Gasteiger partial charge on any atom is 2.00 e. The maximum absolute atomic E-state index is 10.7. The van der Waals surface area contributed by atoms with Gasteiger partial charge in [-0.15, -0.1) is 0 Å². The molecular formula is C40H28F12N8P2Pd. The van der Waals surface area contributed by atoms with Crippen LogP contribution in [0.15, 0.2) is 97.1 Å². The number of rotatable bonds is 0. The van der Waals surface area contributed by atoms with Crippen LogP contribution in [0.4, 0.5) is 50.4 Å². The molecule has 332 valence electrons. The van der Waals surface area contributed by atoms with Crippen molar-refractivity contribution in [1.82, 2.24) is 39.9 Å². The third kappa shape index (κ3) is 16.9. The first-order chi connectivity index (χ1) is 28.5. The fourth-order valence-corrected chi connectivity index (χ4v) is 5.89. The van der Waals surface area contributed by atoms with E-state index < -0.39 is 15.6 Å². The molecule has 16 bridgehead atoms. The van der Waals surface area contributed by atoms with Gasteiger partial charge in [0, 0.05) is 44.1 Å². The van der Waals surface area contributed by atoms with E-state index >= 15 is 0 Å². The van der Waals surface area contributed by atoms with E-state index in [-0.39, 0.29) is 20.4 Å². The largest absolute Gasteiger partial charge is 2.00 e. The number of hydrogen-bond acceptors (Lipinski definition) is 4. The Morgan fingerprint density at radius 3 is 0.571 bits per heavy atom.